The number of carbonyl (C=O) groups is 2. The van der Waals surface area contributed by atoms with Crippen LogP contribution in [0.15, 0.2) is 16.5 Å². The van der Waals surface area contributed by atoms with Gasteiger partial charge in [0.25, 0.3) is 5.91 Å². The monoisotopic (exact) mass is 282 g/mol. The first-order valence-electron chi connectivity index (χ1n) is 6.48. The molecule has 2 amide bonds. The van der Waals surface area contributed by atoms with E-state index in [4.69, 9.17) is 16.0 Å². The van der Waals surface area contributed by atoms with Crippen LogP contribution in [0.2, 0.25) is 5.22 Å². The number of nitrogens with zero attached hydrogens (tertiary/aromatic N) is 2. The van der Waals surface area contributed by atoms with Gasteiger partial charge in [0.15, 0.2) is 11.0 Å². The zero-order chi connectivity index (χ0) is 13.4. The second-order valence-corrected chi connectivity index (χ2v) is 5.37. The molecule has 3 rings (SSSR count). The van der Waals surface area contributed by atoms with Gasteiger partial charge in [0, 0.05) is 32.1 Å². The highest BCUT2D eigenvalue weighted by Crippen LogP contribution is 2.31. The Hall–Kier alpha value is -1.49. The van der Waals surface area contributed by atoms with E-state index in [9.17, 15) is 9.59 Å². The van der Waals surface area contributed by atoms with E-state index in [0.717, 1.165) is 12.8 Å². The Balaban J connectivity index is 1.57. The van der Waals surface area contributed by atoms with Gasteiger partial charge in [0.05, 0.1) is 0 Å². The molecule has 19 heavy (non-hydrogen) atoms. The molecule has 2 aliphatic rings. The van der Waals surface area contributed by atoms with E-state index in [2.05, 4.69) is 0 Å². The molecule has 1 aromatic heterocycles. The van der Waals surface area contributed by atoms with Crippen molar-refractivity contribution >= 4 is 23.4 Å². The molecule has 1 aliphatic heterocycles. The van der Waals surface area contributed by atoms with Gasteiger partial charge in [-0.05, 0) is 36.6 Å². The fourth-order valence-corrected chi connectivity index (χ4v) is 2.45. The summed E-state index contributed by atoms with van der Waals surface area (Å²) in [6.45, 7) is 2.32. The molecule has 0 N–H and O–H groups in total. The molecule has 0 aromatic carbocycles. The normalized spacial score (nSPS) is 19.6. The Kier molecular flexibility index (Phi) is 3.22. The first-order valence-corrected chi connectivity index (χ1v) is 6.86. The zero-order valence-corrected chi connectivity index (χ0v) is 11.2. The van der Waals surface area contributed by atoms with Crippen molar-refractivity contribution in [3.63, 3.8) is 0 Å². The number of hydrogen-bond donors (Lipinski definition) is 0. The molecule has 0 unspecified atom stereocenters. The summed E-state index contributed by atoms with van der Waals surface area (Å²) in [7, 11) is 0. The number of amides is 2. The van der Waals surface area contributed by atoms with Gasteiger partial charge >= 0.3 is 0 Å². The number of halogens is 1. The van der Waals surface area contributed by atoms with Crippen LogP contribution in [-0.2, 0) is 4.79 Å². The van der Waals surface area contributed by atoms with Crippen molar-refractivity contribution in [1.29, 1.82) is 0 Å². The molecule has 1 aromatic rings. The van der Waals surface area contributed by atoms with Crippen molar-refractivity contribution in [2.45, 2.75) is 12.8 Å². The molecule has 0 bridgehead atoms. The summed E-state index contributed by atoms with van der Waals surface area (Å²) >= 11 is 5.66. The summed E-state index contributed by atoms with van der Waals surface area (Å²) in [5.74, 6) is 0.580. The first kappa shape index (κ1) is 12.5. The van der Waals surface area contributed by atoms with E-state index in [1.807, 2.05) is 4.90 Å². The molecule has 0 spiro atoms. The van der Waals surface area contributed by atoms with Gasteiger partial charge in [-0.2, -0.15) is 0 Å². The predicted molar refractivity (Wildman–Crippen MR) is 68.9 cm³/mol. The van der Waals surface area contributed by atoms with Gasteiger partial charge in [0.2, 0.25) is 5.91 Å². The molecular weight excluding hydrogens is 268 g/mol. The van der Waals surface area contributed by atoms with Gasteiger partial charge in [-0.15, -0.1) is 0 Å². The predicted octanol–water partition coefficient (Wildman–Crippen LogP) is 1.63. The Morgan fingerprint density at radius 1 is 1.11 bits per heavy atom. The molecule has 5 nitrogen and oxygen atoms in total. The van der Waals surface area contributed by atoms with Gasteiger partial charge < -0.3 is 14.2 Å². The van der Waals surface area contributed by atoms with E-state index >= 15 is 0 Å². The zero-order valence-electron chi connectivity index (χ0n) is 10.5. The highest BCUT2D eigenvalue weighted by Gasteiger charge is 2.35. The van der Waals surface area contributed by atoms with Crippen LogP contribution in [0.5, 0.6) is 0 Å². The smallest absolute Gasteiger partial charge is 0.289 e. The van der Waals surface area contributed by atoms with Crippen molar-refractivity contribution < 1.29 is 14.0 Å². The molecule has 1 aliphatic carbocycles. The van der Waals surface area contributed by atoms with Crippen LogP contribution in [0, 0.1) is 5.92 Å². The van der Waals surface area contributed by atoms with Crippen molar-refractivity contribution in [3.8, 4) is 0 Å². The summed E-state index contributed by atoms with van der Waals surface area (Å²) in [6.07, 6.45) is 2.03. The molecule has 1 saturated carbocycles. The number of rotatable bonds is 2. The first-order chi connectivity index (χ1) is 9.15. The lowest BCUT2D eigenvalue weighted by molar-refractivity contribution is -0.134. The fraction of sp³-hybridized carbons (Fsp3) is 0.538. The van der Waals surface area contributed by atoms with Crippen LogP contribution in [0.1, 0.15) is 23.4 Å². The summed E-state index contributed by atoms with van der Waals surface area (Å²) in [5, 5.41) is 0.214. The Morgan fingerprint density at radius 2 is 1.74 bits per heavy atom. The highest BCUT2D eigenvalue weighted by atomic mass is 35.5. The number of furan rings is 1. The third-order valence-electron chi connectivity index (χ3n) is 3.59. The molecule has 0 radical (unpaired) electrons. The van der Waals surface area contributed by atoms with Crippen LogP contribution in [0.25, 0.3) is 0 Å². The molecule has 0 atom stereocenters. The second-order valence-electron chi connectivity index (χ2n) is 5.00. The highest BCUT2D eigenvalue weighted by molar-refractivity contribution is 6.29. The standard InChI is InChI=1S/C13H15ClN2O3/c14-11-4-3-10(19-11)13(18)16-7-5-15(6-8-16)12(17)9-1-2-9/h3-4,9H,1-2,5-8H2. The summed E-state index contributed by atoms with van der Waals surface area (Å²) < 4.78 is 5.11. The average Bonchev–Trinajstić information content (AvgIpc) is 3.19. The van der Waals surface area contributed by atoms with Crippen molar-refractivity contribution in [2.24, 2.45) is 5.92 Å². The summed E-state index contributed by atoms with van der Waals surface area (Å²) in [6, 6.07) is 3.13. The van der Waals surface area contributed by atoms with E-state index in [1.165, 1.54) is 0 Å². The minimum absolute atomic E-state index is 0.162. The Bertz CT molecular complexity index is 502. The maximum absolute atomic E-state index is 12.1. The van der Waals surface area contributed by atoms with Crippen LogP contribution in [-0.4, -0.2) is 47.8 Å². The van der Waals surface area contributed by atoms with Gasteiger partial charge in [-0.1, -0.05) is 0 Å². The number of piperazine rings is 1. The van der Waals surface area contributed by atoms with E-state index in [-0.39, 0.29) is 28.7 Å². The van der Waals surface area contributed by atoms with Crippen LogP contribution >= 0.6 is 11.6 Å². The molecule has 2 fully saturated rings. The molecule has 1 saturated heterocycles. The van der Waals surface area contributed by atoms with E-state index in [1.54, 1.807) is 17.0 Å². The lowest BCUT2D eigenvalue weighted by Gasteiger charge is -2.34. The van der Waals surface area contributed by atoms with Crippen LogP contribution < -0.4 is 0 Å². The molecule has 102 valence electrons. The summed E-state index contributed by atoms with van der Waals surface area (Å²) in [4.78, 5) is 27.6. The van der Waals surface area contributed by atoms with Crippen molar-refractivity contribution in [3.05, 3.63) is 23.1 Å². The lowest BCUT2D eigenvalue weighted by atomic mass is 10.2. The van der Waals surface area contributed by atoms with Gasteiger partial charge in [-0.25, -0.2) is 0 Å². The minimum atomic E-state index is -0.162. The van der Waals surface area contributed by atoms with Crippen molar-refractivity contribution in [2.75, 3.05) is 26.2 Å². The van der Waals surface area contributed by atoms with Crippen LogP contribution in [0.4, 0.5) is 0 Å². The minimum Gasteiger partial charge on any atom is -0.440 e. The third-order valence-corrected chi connectivity index (χ3v) is 3.79. The quantitative estimate of drug-likeness (QED) is 0.828. The maximum atomic E-state index is 12.1. The third kappa shape index (κ3) is 2.61. The van der Waals surface area contributed by atoms with Crippen LogP contribution in [0.3, 0.4) is 0 Å². The SMILES string of the molecule is O=C(c1ccc(Cl)o1)N1CCN(C(=O)C2CC2)CC1. The Labute approximate surface area is 116 Å². The molecule has 2 heterocycles. The number of carbonyl (C=O) groups excluding carboxylic acids is 2. The lowest BCUT2D eigenvalue weighted by Crippen LogP contribution is -2.51. The average molecular weight is 283 g/mol. The van der Waals surface area contributed by atoms with Crippen molar-refractivity contribution in [1.82, 2.24) is 9.80 Å². The summed E-state index contributed by atoms with van der Waals surface area (Å²) in [5.41, 5.74) is 0. The fourth-order valence-electron chi connectivity index (χ4n) is 2.30. The van der Waals surface area contributed by atoms with E-state index < -0.39 is 0 Å². The number of hydrogen-bond acceptors (Lipinski definition) is 3. The Morgan fingerprint density at radius 3 is 2.26 bits per heavy atom. The molecular formula is C13H15ClN2O3. The molecule has 6 heteroatoms. The van der Waals surface area contributed by atoms with E-state index in [0.29, 0.717) is 26.2 Å². The second kappa shape index (κ2) is 4.89. The topological polar surface area (TPSA) is 53.8 Å². The largest absolute Gasteiger partial charge is 0.440 e. The van der Waals surface area contributed by atoms with Gasteiger partial charge in [-0.3, -0.25) is 9.59 Å². The maximum Gasteiger partial charge on any atom is 0.289 e. The van der Waals surface area contributed by atoms with Gasteiger partial charge in [0.1, 0.15) is 0 Å².